The van der Waals surface area contributed by atoms with Gasteiger partial charge in [0.2, 0.25) is 0 Å². The number of alkyl halides is 3. The second-order valence-electron chi connectivity index (χ2n) is 3.44. The molecule has 0 aliphatic carbocycles. The number of carboxylic acid groups (broad SMARTS) is 1. The van der Waals surface area contributed by atoms with Crippen LogP contribution in [0, 0.1) is 0 Å². The number of carbonyl (C=O) groups is 1. The van der Waals surface area contributed by atoms with Gasteiger partial charge >= 0.3 is 12.1 Å². The van der Waals surface area contributed by atoms with Gasteiger partial charge in [-0.3, -0.25) is 4.84 Å². The Morgan fingerprint density at radius 2 is 2.00 bits per heavy atom. The Morgan fingerprint density at radius 1 is 1.40 bits per heavy atom. The topological polar surface area (TPSA) is 92.7 Å². The van der Waals surface area contributed by atoms with E-state index in [1.165, 1.54) is 4.89 Å². The number of benzene rings is 1. The van der Waals surface area contributed by atoms with Crippen LogP contribution in [0.15, 0.2) is 23.1 Å². The Balaban J connectivity index is 2.97. The molecule has 0 saturated heterocycles. The Hall–Kier alpha value is -1.36. The maximum absolute atomic E-state index is 11.8. The molecule has 2 N–H and O–H groups in total. The number of sulfonamides is 1. The van der Waals surface area contributed by atoms with Crippen LogP contribution in [0.25, 0.3) is 0 Å². The summed E-state index contributed by atoms with van der Waals surface area (Å²) in [6, 6.07) is 2.73. The molecule has 112 valence electrons. The standard InChI is InChI=1S/C9H7ClF3NO5S/c10-6-2-1-5(8(15)16)3-7(6)20(17,18)14-19-4-9(11,12)13/h1-3,14H,4H2,(H,15,16). The van der Waals surface area contributed by atoms with Gasteiger partial charge in [-0.25, -0.2) is 13.2 Å². The second-order valence-corrected chi connectivity index (χ2v) is 5.46. The van der Waals surface area contributed by atoms with Gasteiger partial charge in [0, 0.05) is 0 Å². The first kappa shape index (κ1) is 16.7. The molecule has 1 aromatic rings. The fourth-order valence-electron chi connectivity index (χ4n) is 1.08. The number of aromatic carboxylic acids is 1. The first-order valence-electron chi connectivity index (χ1n) is 4.76. The molecule has 0 aromatic heterocycles. The molecule has 0 aliphatic heterocycles. The number of nitrogens with one attached hydrogen (secondary N) is 1. The van der Waals surface area contributed by atoms with Crippen molar-refractivity contribution in [1.82, 2.24) is 4.89 Å². The number of hydrogen-bond donors (Lipinski definition) is 2. The molecule has 0 radical (unpaired) electrons. The van der Waals surface area contributed by atoms with Gasteiger partial charge in [-0.05, 0) is 18.2 Å². The lowest BCUT2D eigenvalue weighted by atomic mass is 10.2. The molecule has 0 amide bonds. The Kier molecular flexibility index (Phi) is 4.97. The van der Waals surface area contributed by atoms with Crippen molar-refractivity contribution in [3.05, 3.63) is 28.8 Å². The molecule has 0 unspecified atom stereocenters. The second kappa shape index (κ2) is 5.95. The van der Waals surface area contributed by atoms with Gasteiger partial charge < -0.3 is 5.11 Å². The average Bonchev–Trinajstić information content (AvgIpc) is 2.26. The lowest BCUT2D eigenvalue weighted by Crippen LogP contribution is -2.30. The molecule has 0 aliphatic rings. The van der Waals surface area contributed by atoms with Crippen LogP contribution in [0.3, 0.4) is 0 Å². The highest BCUT2D eigenvalue weighted by Crippen LogP contribution is 2.23. The lowest BCUT2D eigenvalue weighted by Gasteiger charge is -2.10. The largest absolute Gasteiger partial charge is 0.478 e. The minimum atomic E-state index is -4.73. The molecule has 0 saturated carbocycles. The summed E-state index contributed by atoms with van der Waals surface area (Å²) >= 11 is 5.56. The van der Waals surface area contributed by atoms with E-state index in [0.717, 1.165) is 12.1 Å². The van der Waals surface area contributed by atoms with Crippen LogP contribution in [-0.2, 0) is 14.9 Å². The van der Waals surface area contributed by atoms with Crippen molar-refractivity contribution in [3.63, 3.8) is 0 Å². The zero-order valence-corrected chi connectivity index (χ0v) is 11.0. The Labute approximate surface area is 116 Å². The zero-order chi connectivity index (χ0) is 15.6. The maximum Gasteiger partial charge on any atom is 0.413 e. The van der Waals surface area contributed by atoms with Crippen molar-refractivity contribution in [2.45, 2.75) is 11.1 Å². The van der Waals surface area contributed by atoms with Gasteiger partial charge in [0.25, 0.3) is 10.0 Å². The smallest absolute Gasteiger partial charge is 0.413 e. The predicted octanol–water partition coefficient (Wildman–Crippen LogP) is 1.81. The normalized spacial score (nSPS) is 12.4. The summed E-state index contributed by atoms with van der Waals surface area (Å²) in [6.07, 6.45) is -4.73. The van der Waals surface area contributed by atoms with Crippen molar-refractivity contribution in [2.75, 3.05) is 6.61 Å². The summed E-state index contributed by atoms with van der Waals surface area (Å²) in [4.78, 5) is 15.0. The monoisotopic (exact) mass is 333 g/mol. The molecule has 1 aromatic carbocycles. The summed E-state index contributed by atoms with van der Waals surface area (Å²) in [6.45, 7) is -1.84. The van der Waals surface area contributed by atoms with Gasteiger partial charge in [-0.15, -0.1) is 0 Å². The summed E-state index contributed by atoms with van der Waals surface area (Å²) in [5.74, 6) is -1.42. The van der Waals surface area contributed by atoms with Crippen LogP contribution in [-0.4, -0.2) is 32.3 Å². The van der Waals surface area contributed by atoms with Crippen LogP contribution >= 0.6 is 11.6 Å². The van der Waals surface area contributed by atoms with E-state index in [9.17, 15) is 26.4 Å². The number of carboxylic acids is 1. The average molecular weight is 334 g/mol. The first-order chi connectivity index (χ1) is 9.03. The minimum absolute atomic E-state index is 0.363. The number of halogens is 4. The van der Waals surface area contributed by atoms with Crippen molar-refractivity contribution in [2.24, 2.45) is 0 Å². The van der Waals surface area contributed by atoms with Gasteiger partial charge in [0.05, 0.1) is 10.6 Å². The third-order valence-corrected chi connectivity index (χ3v) is 3.57. The minimum Gasteiger partial charge on any atom is -0.478 e. The molecule has 0 fully saturated rings. The summed E-state index contributed by atoms with van der Waals surface area (Å²) < 4.78 is 58.7. The third-order valence-electron chi connectivity index (χ3n) is 1.87. The van der Waals surface area contributed by atoms with Crippen molar-refractivity contribution in [3.8, 4) is 0 Å². The Morgan fingerprint density at radius 3 is 2.50 bits per heavy atom. The molecule has 20 heavy (non-hydrogen) atoms. The molecule has 11 heteroatoms. The molecule has 6 nitrogen and oxygen atoms in total. The van der Waals surface area contributed by atoms with Gasteiger partial charge in [0.1, 0.15) is 4.90 Å². The van der Waals surface area contributed by atoms with Gasteiger partial charge in [0.15, 0.2) is 6.61 Å². The predicted molar refractivity (Wildman–Crippen MR) is 60.7 cm³/mol. The van der Waals surface area contributed by atoms with Crippen LogP contribution < -0.4 is 4.89 Å². The maximum atomic E-state index is 11.8. The van der Waals surface area contributed by atoms with E-state index in [2.05, 4.69) is 4.84 Å². The molecular weight excluding hydrogens is 327 g/mol. The molecule has 0 atom stereocenters. The van der Waals surface area contributed by atoms with Crippen LogP contribution in [0.4, 0.5) is 13.2 Å². The first-order valence-corrected chi connectivity index (χ1v) is 6.62. The lowest BCUT2D eigenvalue weighted by molar-refractivity contribution is -0.181. The fourth-order valence-corrected chi connectivity index (χ4v) is 2.41. The van der Waals surface area contributed by atoms with Crippen molar-refractivity contribution < 1.29 is 36.3 Å². The number of hydrogen-bond acceptors (Lipinski definition) is 4. The summed E-state index contributed by atoms with van der Waals surface area (Å²) in [5.41, 5.74) is -0.398. The van der Waals surface area contributed by atoms with Gasteiger partial charge in [-0.2, -0.15) is 13.2 Å². The number of rotatable bonds is 5. The molecule has 0 bridgehead atoms. The summed E-state index contributed by atoms with van der Waals surface area (Å²) in [5, 5.41) is 8.35. The quantitative estimate of drug-likeness (QED) is 0.802. The van der Waals surface area contributed by atoms with E-state index < -0.39 is 39.2 Å². The zero-order valence-electron chi connectivity index (χ0n) is 9.44. The van der Waals surface area contributed by atoms with Crippen LogP contribution in [0.1, 0.15) is 10.4 Å². The highest BCUT2D eigenvalue weighted by atomic mass is 35.5. The molecule has 0 heterocycles. The van der Waals surface area contributed by atoms with Crippen LogP contribution in [0.5, 0.6) is 0 Å². The van der Waals surface area contributed by atoms with E-state index in [1.807, 2.05) is 0 Å². The molecular formula is C9H7ClF3NO5S. The van der Waals surface area contributed by atoms with E-state index in [4.69, 9.17) is 16.7 Å². The van der Waals surface area contributed by atoms with Crippen molar-refractivity contribution in [1.29, 1.82) is 0 Å². The molecule has 0 spiro atoms. The van der Waals surface area contributed by atoms with E-state index in [0.29, 0.717) is 6.07 Å². The Bertz CT molecular complexity index is 616. The third kappa shape index (κ3) is 4.63. The van der Waals surface area contributed by atoms with E-state index in [-0.39, 0.29) is 5.02 Å². The van der Waals surface area contributed by atoms with E-state index in [1.54, 1.807) is 0 Å². The highest BCUT2D eigenvalue weighted by Gasteiger charge is 2.29. The van der Waals surface area contributed by atoms with Crippen molar-refractivity contribution >= 4 is 27.6 Å². The highest BCUT2D eigenvalue weighted by molar-refractivity contribution is 7.89. The van der Waals surface area contributed by atoms with Crippen LogP contribution in [0.2, 0.25) is 5.02 Å². The molecule has 1 rings (SSSR count). The van der Waals surface area contributed by atoms with E-state index >= 15 is 0 Å². The van der Waals surface area contributed by atoms with Gasteiger partial charge in [-0.1, -0.05) is 16.5 Å². The fraction of sp³-hybridized carbons (Fsp3) is 0.222. The summed E-state index contributed by atoms with van der Waals surface area (Å²) in [7, 11) is -4.54. The SMILES string of the molecule is O=C(O)c1ccc(Cl)c(S(=O)(=O)NOCC(F)(F)F)c1.